The number of primary amides is 1. The maximum atomic E-state index is 12.5. The van der Waals surface area contributed by atoms with Gasteiger partial charge in [0, 0.05) is 18.3 Å². The first kappa shape index (κ1) is 21.2. The van der Waals surface area contributed by atoms with E-state index in [2.05, 4.69) is 10.4 Å². The van der Waals surface area contributed by atoms with Crippen LogP contribution in [0.4, 0.5) is 0 Å². The van der Waals surface area contributed by atoms with Crippen molar-refractivity contribution in [2.24, 2.45) is 5.73 Å². The number of nitrogens with one attached hydrogen (secondary N) is 1. The van der Waals surface area contributed by atoms with E-state index >= 15 is 0 Å². The average Bonchev–Trinajstić information content (AvgIpc) is 3.21. The zero-order chi connectivity index (χ0) is 21.5. The summed E-state index contributed by atoms with van der Waals surface area (Å²) < 4.78 is 12.3. The quantitative estimate of drug-likeness (QED) is 0.544. The maximum absolute atomic E-state index is 12.5. The Morgan fingerprint density at radius 3 is 2.70 bits per heavy atom. The highest BCUT2D eigenvalue weighted by atomic mass is 35.5. The molecular weight excluding hydrogens is 408 g/mol. The molecular formula is C21H21ClN4O4. The molecule has 3 rings (SSSR count). The number of aromatic nitrogens is 2. The number of carbonyl (C=O) groups excluding carboxylic acids is 2. The molecule has 0 atom stereocenters. The number of methoxy groups -OCH3 is 1. The van der Waals surface area contributed by atoms with Gasteiger partial charge in [0.05, 0.1) is 24.0 Å². The summed E-state index contributed by atoms with van der Waals surface area (Å²) in [6.07, 6.45) is 4.30. The third-order valence-electron chi connectivity index (χ3n) is 4.21. The zero-order valence-electron chi connectivity index (χ0n) is 16.3. The van der Waals surface area contributed by atoms with Crippen LogP contribution in [-0.2, 0) is 11.2 Å². The molecule has 0 aliphatic heterocycles. The molecule has 0 spiro atoms. The first-order valence-electron chi connectivity index (χ1n) is 9.13. The van der Waals surface area contributed by atoms with Crippen molar-refractivity contribution in [1.29, 1.82) is 0 Å². The van der Waals surface area contributed by atoms with E-state index in [0.29, 0.717) is 18.5 Å². The van der Waals surface area contributed by atoms with Gasteiger partial charge in [-0.25, -0.2) is 4.68 Å². The Morgan fingerprint density at radius 1 is 1.23 bits per heavy atom. The maximum Gasteiger partial charge on any atom is 0.255 e. The molecule has 3 N–H and O–H groups in total. The number of amides is 2. The fraction of sp³-hybridized carbons (Fsp3) is 0.190. The summed E-state index contributed by atoms with van der Waals surface area (Å²) >= 11 is 6.18. The number of halogens is 1. The minimum atomic E-state index is -0.648. The predicted molar refractivity (Wildman–Crippen MR) is 112 cm³/mol. The van der Waals surface area contributed by atoms with Crippen LogP contribution < -0.4 is 20.5 Å². The topological polar surface area (TPSA) is 108 Å². The van der Waals surface area contributed by atoms with Gasteiger partial charge in [-0.05, 0) is 36.2 Å². The normalized spacial score (nSPS) is 10.5. The van der Waals surface area contributed by atoms with Gasteiger partial charge in [-0.15, -0.1) is 0 Å². The van der Waals surface area contributed by atoms with Crippen LogP contribution in [0.3, 0.4) is 0 Å². The monoisotopic (exact) mass is 428 g/mol. The van der Waals surface area contributed by atoms with Gasteiger partial charge in [-0.3, -0.25) is 9.59 Å². The Morgan fingerprint density at radius 2 is 2.00 bits per heavy atom. The number of ether oxygens (including phenoxy) is 2. The van der Waals surface area contributed by atoms with Crippen LogP contribution in [0.2, 0.25) is 5.02 Å². The largest absolute Gasteiger partial charge is 0.493 e. The Bertz CT molecular complexity index is 1040. The minimum Gasteiger partial charge on any atom is -0.493 e. The fourth-order valence-electron chi connectivity index (χ4n) is 2.77. The Labute approximate surface area is 178 Å². The molecule has 8 nitrogen and oxygen atoms in total. The zero-order valence-corrected chi connectivity index (χ0v) is 17.1. The second-order valence-electron chi connectivity index (χ2n) is 6.38. The molecule has 3 aromatic rings. The van der Waals surface area contributed by atoms with Crippen molar-refractivity contribution in [2.75, 3.05) is 20.3 Å². The summed E-state index contributed by atoms with van der Waals surface area (Å²) in [7, 11) is 1.41. The number of carbonyl (C=O) groups is 2. The number of hydrogen-bond donors (Lipinski definition) is 2. The van der Waals surface area contributed by atoms with E-state index in [1.165, 1.54) is 19.2 Å². The molecule has 0 fully saturated rings. The van der Waals surface area contributed by atoms with Crippen molar-refractivity contribution in [1.82, 2.24) is 15.1 Å². The number of hydrogen-bond acceptors (Lipinski definition) is 5. The standard InChI is InChI=1S/C21H21ClN4O4/c1-29-18-10-15(9-17(22)20(18)30-13-19(23)27)21(28)24-8-7-14-11-25-26(12-14)16-5-3-2-4-6-16/h2-6,9-12H,7-8,13H2,1H3,(H2,23,27)(H,24,28). The van der Waals surface area contributed by atoms with Crippen LogP contribution in [0.5, 0.6) is 11.5 Å². The molecule has 2 aromatic carbocycles. The van der Waals surface area contributed by atoms with E-state index in [1.807, 2.05) is 36.5 Å². The lowest BCUT2D eigenvalue weighted by atomic mass is 10.1. The average molecular weight is 429 g/mol. The Hall–Kier alpha value is -3.52. The number of para-hydroxylation sites is 1. The smallest absolute Gasteiger partial charge is 0.255 e. The molecule has 0 saturated heterocycles. The van der Waals surface area contributed by atoms with Crippen molar-refractivity contribution in [3.63, 3.8) is 0 Å². The van der Waals surface area contributed by atoms with E-state index in [4.69, 9.17) is 26.8 Å². The molecule has 1 heterocycles. The van der Waals surface area contributed by atoms with Crippen molar-refractivity contribution in [3.8, 4) is 17.2 Å². The number of nitrogens with two attached hydrogens (primary N) is 1. The van der Waals surface area contributed by atoms with Crippen molar-refractivity contribution in [2.45, 2.75) is 6.42 Å². The molecule has 0 unspecified atom stereocenters. The molecule has 0 saturated carbocycles. The second kappa shape index (κ2) is 9.80. The first-order valence-corrected chi connectivity index (χ1v) is 9.51. The highest BCUT2D eigenvalue weighted by Crippen LogP contribution is 2.36. The third kappa shape index (κ3) is 5.30. The highest BCUT2D eigenvalue weighted by Gasteiger charge is 2.16. The predicted octanol–water partition coefficient (Wildman–Crippen LogP) is 2.37. The van der Waals surface area contributed by atoms with Gasteiger partial charge in [-0.1, -0.05) is 29.8 Å². The lowest BCUT2D eigenvalue weighted by Crippen LogP contribution is -2.25. The Kier molecular flexibility index (Phi) is 6.92. The summed E-state index contributed by atoms with van der Waals surface area (Å²) in [5.74, 6) is -0.571. The van der Waals surface area contributed by atoms with Crippen LogP contribution >= 0.6 is 11.6 Å². The van der Waals surface area contributed by atoms with Gasteiger partial charge < -0.3 is 20.5 Å². The molecule has 0 aliphatic carbocycles. The van der Waals surface area contributed by atoms with Gasteiger partial charge in [-0.2, -0.15) is 5.10 Å². The summed E-state index contributed by atoms with van der Waals surface area (Å²) in [5.41, 5.74) is 7.34. The van der Waals surface area contributed by atoms with E-state index in [0.717, 1.165) is 11.3 Å². The second-order valence-corrected chi connectivity index (χ2v) is 6.79. The van der Waals surface area contributed by atoms with Gasteiger partial charge in [0.15, 0.2) is 18.1 Å². The minimum absolute atomic E-state index is 0.143. The molecule has 0 radical (unpaired) electrons. The lowest BCUT2D eigenvalue weighted by molar-refractivity contribution is -0.119. The molecule has 0 aliphatic rings. The van der Waals surface area contributed by atoms with Crippen LogP contribution in [0.25, 0.3) is 5.69 Å². The molecule has 1 aromatic heterocycles. The van der Waals surface area contributed by atoms with E-state index in [1.54, 1.807) is 10.9 Å². The van der Waals surface area contributed by atoms with Gasteiger partial charge in [0.25, 0.3) is 11.8 Å². The molecule has 2 amide bonds. The SMILES string of the molecule is COc1cc(C(=O)NCCc2cnn(-c3ccccc3)c2)cc(Cl)c1OCC(N)=O. The summed E-state index contributed by atoms with van der Waals surface area (Å²) in [5, 5.41) is 7.32. The fourth-order valence-corrected chi connectivity index (χ4v) is 3.03. The van der Waals surface area contributed by atoms with E-state index in [-0.39, 0.29) is 29.0 Å². The van der Waals surface area contributed by atoms with Gasteiger partial charge in [0.2, 0.25) is 0 Å². The first-order chi connectivity index (χ1) is 14.5. The van der Waals surface area contributed by atoms with Crippen LogP contribution in [0.15, 0.2) is 54.9 Å². The number of nitrogens with zero attached hydrogens (tertiary/aromatic N) is 2. The Balaban J connectivity index is 1.60. The number of rotatable bonds is 9. The number of benzene rings is 2. The third-order valence-corrected chi connectivity index (χ3v) is 4.49. The summed E-state index contributed by atoms with van der Waals surface area (Å²) in [6, 6.07) is 12.7. The summed E-state index contributed by atoms with van der Waals surface area (Å²) in [6.45, 7) is 0.0669. The summed E-state index contributed by atoms with van der Waals surface area (Å²) in [4.78, 5) is 23.4. The van der Waals surface area contributed by atoms with Crippen LogP contribution in [0, 0.1) is 0 Å². The molecule has 30 heavy (non-hydrogen) atoms. The lowest BCUT2D eigenvalue weighted by Gasteiger charge is -2.13. The van der Waals surface area contributed by atoms with Crippen LogP contribution in [-0.4, -0.2) is 41.9 Å². The van der Waals surface area contributed by atoms with Crippen molar-refractivity contribution in [3.05, 3.63) is 71.0 Å². The molecule has 0 bridgehead atoms. The molecule has 156 valence electrons. The van der Waals surface area contributed by atoms with Crippen LogP contribution in [0.1, 0.15) is 15.9 Å². The molecule has 9 heteroatoms. The highest BCUT2D eigenvalue weighted by molar-refractivity contribution is 6.32. The van der Waals surface area contributed by atoms with Gasteiger partial charge in [0.1, 0.15) is 0 Å². The van der Waals surface area contributed by atoms with Gasteiger partial charge >= 0.3 is 0 Å². The van der Waals surface area contributed by atoms with Crippen molar-refractivity contribution < 1.29 is 19.1 Å². The van der Waals surface area contributed by atoms with E-state index in [9.17, 15) is 9.59 Å². The van der Waals surface area contributed by atoms with E-state index < -0.39 is 5.91 Å². The van der Waals surface area contributed by atoms with Crippen molar-refractivity contribution >= 4 is 23.4 Å².